The van der Waals surface area contributed by atoms with Crippen LogP contribution >= 0.6 is 11.8 Å². The van der Waals surface area contributed by atoms with E-state index in [0.29, 0.717) is 16.6 Å². The van der Waals surface area contributed by atoms with E-state index in [9.17, 15) is 14.4 Å². The summed E-state index contributed by atoms with van der Waals surface area (Å²) >= 11 is 1.31. The van der Waals surface area contributed by atoms with Gasteiger partial charge in [0, 0.05) is 12.2 Å². The Morgan fingerprint density at radius 2 is 1.47 bits per heavy atom. The molecule has 2 amide bonds. The highest BCUT2D eigenvalue weighted by molar-refractivity contribution is 8.04. The van der Waals surface area contributed by atoms with Gasteiger partial charge in [0.25, 0.3) is 0 Å². The Bertz CT molecular complexity index is 958. The van der Waals surface area contributed by atoms with Gasteiger partial charge in [-0.2, -0.15) is 0 Å². The van der Waals surface area contributed by atoms with E-state index in [-0.39, 0.29) is 12.2 Å². The van der Waals surface area contributed by atoms with Gasteiger partial charge in [-0.05, 0) is 48.2 Å². The molecule has 0 fully saturated rings. The predicted molar refractivity (Wildman–Crippen MR) is 159 cm³/mol. The molecule has 0 unspecified atom stereocenters. The summed E-state index contributed by atoms with van der Waals surface area (Å²) in [6.45, 7) is 18.7. The molecule has 1 aromatic carbocycles. The minimum absolute atomic E-state index is 0.231. The lowest BCUT2D eigenvalue weighted by Crippen LogP contribution is -2.54. The largest absolute Gasteiger partial charge is 0.467 e. The number of carbonyl (C=O) groups is 3. The fraction of sp³-hybridized carbons (Fsp3) is 0.621. The molecule has 0 aliphatic heterocycles. The van der Waals surface area contributed by atoms with E-state index in [1.165, 1.54) is 18.9 Å². The van der Waals surface area contributed by atoms with Crippen LogP contribution in [0.15, 0.2) is 30.3 Å². The number of carbonyl (C=O) groups excluding carboxylic acids is 3. The first kappa shape index (κ1) is 33.6. The van der Waals surface area contributed by atoms with Crippen molar-refractivity contribution < 1.29 is 23.9 Å². The third-order valence-corrected chi connectivity index (χ3v) is 13.8. The van der Waals surface area contributed by atoms with E-state index in [2.05, 4.69) is 63.0 Å². The summed E-state index contributed by atoms with van der Waals surface area (Å²) in [5.74, 6) is -0.836. The highest BCUT2D eigenvalue weighted by Crippen LogP contribution is 2.40. The second kappa shape index (κ2) is 15.2. The summed E-state index contributed by atoms with van der Waals surface area (Å²) in [4.78, 5) is 38.3. The molecule has 1 aromatic rings. The minimum atomic E-state index is -1.91. The van der Waals surface area contributed by atoms with Crippen LogP contribution in [0.5, 0.6) is 0 Å². The third kappa shape index (κ3) is 10.4. The van der Waals surface area contributed by atoms with Crippen LogP contribution in [0.2, 0.25) is 16.6 Å². The van der Waals surface area contributed by atoms with Crippen LogP contribution in [0.1, 0.15) is 67.9 Å². The van der Waals surface area contributed by atoms with E-state index < -0.39 is 43.7 Å². The minimum Gasteiger partial charge on any atom is -0.467 e. The first-order valence-corrected chi connectivity index (χ1v) is 16.4. The van der Waals surface area contributed by atoms with Crippen molar-refractivity contribution in [3.05, 3.63) is 35.9 Å². The lowest BCUT2D eigenvalue weighted by molar-refractivity contribution is -0.144. The zero-order valence-corrected chi connectivity index (χ0v) is 26.5. The molecule has 0 radical (unpaired) electrons. The highest BCUT2D eigenvalue weighted by Gasteiger charge is 2.41. The maximum absolute atomic E-state index is 13.3. The van der Waals surface area contributed by atoms with Gasteiger partial charge in [-0.1, -0.05) is 83.6 Å². The Balaban J connectivity index is 3.09. The number of ether oxygens (including phenoxy) is 2. The second-order valence-corrected chi connectivity index (χ2v) is 17.8. The van der Waals surface area contributed by atoms with E-state index in [1.54, 1.807) is 20.8 Å². The molecular formula is C29H46N2O5SSi. The van der Waals surface area contributed by atoms with Gasteiger partial charge in [0.15, 0.2) is 0 Å². The van der Waals surface area contributed by atoms with Crippen molar-refractivity contribution in [1.29, 1.82) is 0 Å². The number of esters is 1. The van der Waals surface area contributed by atoms with Crippen LogP contribution in [0, 0.1) is 10.8 Å². The van der Waals surface area contributed by atoms with Crippen LogP contribution in [-0.2, 0) is 25.5 Å². The maximum Gasteiger partial charge on any atom is 0.408 e. The summed E-state index contributed by atoms with van der Waals surface area (Å²) in [5, 5.41) is 8.67. The lowest BCUT2D eigenvalue weighted by Gasteiger charge is -2.37. The Morgan fingerprint density at radius 1 is 0.921 bits per heavy atom. The van der Waals surface area contributed by atoms with Crippen molar-refractivity contribution in [2.24, 2.45) is 0 Å². The van der Waals surface area contributed by atoms with Gasteiger partial charge in [0.1, 0.15) is 25.8 Å². The van der Waals surface area contributed by atoms with E-state index >= 15 is 0 Å². The van der Waals surface area contributed by atoms with Crippen molar-refractivity contribution in [2.45, 2.75) is 103 Å². The Morgan fingerprint density at radius 3 is 1.95 bits per heavy atom. The van der Waals surface area contributed by atoms with Crippen LogP contribution in [0.4, 0.5) is 4.79 Å². The summed E-state index contributed by atoms with van der Waals surface area (Å²) in [6.07, 6.45) is -0.473. The topological polar surface area (TPSA) is 93.7 Å². The SMILES string of the molecule is COC(=O)[C@H](CSC#C[Si](C(C)C)(C(C)C)C(C)C)NC(=O)[C@H](Cc1ccccc1)NC(=O)OC(C)(C)C. The van der Waals surface area contributed by atoms with Crippen molar-refractivity contribution in [1.82, 2.24) is 10.6 Å². The number of amides is 2. The predicted octanol–water partition coefficient (Wildman–Crippen LogP) is 5.69. The van der Waals surface area contributed by atoms with Gasteiger partial charge < -0.3 is 20.1 Å². The van der Waals surface area contributed by atoms with Gasteiger partial charge in [0.2, 0.25) is 5.91 Å². The number of rotatable bonds is 11. The van der Waals surface area contributed by atoms with Gasteiger partial charge >= 0.3 is 12.1 Å². The highest BCUT2D eigenvalue weighted by atomic mass is 32.2. The zero-order chi connectivity index (χ0) is 29.1. The Labute approximate surface area is 234 Å². The quantitative estimate of drug-likeness (QED) is 0.204. The normalized spacial score (nSPS) is 13.4. The molecule has 2 atom stereocenters. The van der Waals surface area contributed by atoms with Gasteiger partial charge in [-0.25, -0.2) is 9.59 Å². The molecular weight excluding hydrogens is 516 g/mol. The smallest absolute Gasteiger partial charge is 0.408 e. The standard InChI is InChI=1S/C29H46N2O5SSi/c1-20(2)38(21(3)4,22(5)6)17-16-37-19-25(27(33)35-10)30-26(32)24(18-23-14-12-11-13-15-23)31-28(34)36-29(7,8)9/h11-15,20-22,24-25H,18-19H2,1-10H3,(H,30,32)(H,31,34)/t24-,25-/m0/s1. The molecule has 2 N–H and O–H groups in total. The molecule has 0 aliphatic carbocycles. The molecule has 0 saturated heterocycles. The van der Waals surface area contributed by atoms with E-state index in [4.69, 9.17) is 9.47 Å². The fourth-order valence-electron chi connectivity index (χ4n) is 4.77. The molecule has 0 bridgehead atoms. The number of methoxy groups -OCH3 is 1. The van der Waals surface area contributed by atoms with Crippen LogP contribution in [-0.4, -0.2) is 56.6 Å². The van der Waals surface area contributed by atoms with Crippen molar-refractivity contribution in [3.8, 4) is 10.8 Å². The van der Waals surface area contributed by atoms with Crippen molar-refractivity contribution in [2.75, 3.05) is 12.9 Å². The van der Waals surface area contributed by atoms with Gasteiger partial charge in [-0.15, -0.1) is 5.54 Å². The van der Waals surface area contributed by atoms with Crippen molar-refractivity contribution >= 4 is 37.8 Å². The molecule has 1 rings (SSSR count). The third-order valence-electron chi connectivity index (χ3n) is 6.55. The molecule has 0 aliphatic rings. The first-order valence-electron chi connectivity index (χ1n) is 13.2. The number of nitrogens with one attached hydrogen (secondary N) is 2. The average molecular weight is 563 g/mol. The molecule has 7 nitrogen and oxygen atoms in total. The van der Waals surface area contributed by atoms with E-state index in [1.807, 2.05) is 30.3 Å². The number of hydrogen-bond donors (Lipinski definition) is 2. The summed E-state index contributed by atoms with van der Waals surface area (Å²) in [6, 6.07) is 7.47. The molecule has 38 heavy (non-hydrogen) atoms. The molecule has 0 spiro atoms. The summed E-state index contributed by atoms with van der Waals surface area (Å²) < 4.78 is 10.3. The van der Waals surface area contributed by atoms with Crippen LogP contribution in [0.25, 0.3) is 0 Å². The fourth-order valence-corrected chi connectivity index (χ4v) is 11.1. The number of thioether (sulfide) groups is 1. The van der Waals surface area contributed by atoms with E-state index in [0.717, 1.165) is 5.56 Å². The Kier molecular flexibility index (Phi) is 13.5. The maximum atomic E-state index is 13.3. The molecule has 0 aromatic heterocycles. The number of hydrogen-bond acceptors (Lipinski definition) is 6. The first-order chi connectivity index (χ1) is 17.6. The molecule has 0 heterocycles. The molecule has 212 valence electrons. The second-order valence-electron chi connectivity index (χ2n) is 11.4. The van der Waals surface area contributed by atoms with Crippen LogP contribution in [0.3, 0.4) is 0 Å². The summed E-state index contributed by atoms with van der Waals surface area (Å²) in [7, 11) is -0.629. The summed E-state index contributed by atoms with van der Waals surface area (Å²) in [5.41, 5.74) is 5.22. The van der Waals surface area contributed by atoms with Gasteiger partial charge in [-0.3, -0.25) is 4.79 Å². The van der Waals surface area contributed by atoms with Crippen molar-refractivity contribution in [3.63, 3.8) is 0 Å². The monoisotopic (exact) mass is 562 g/mol. The number of benzene rings is 1. The lowest BCUT2D eigenvalue weighted by atomic mass is 10.1. The zero-order valence-electron chi connectivity index (χ0n) is 24.6. The van der Waals surface area contributed by atoms with Gasteiger partial charge in [0.05, 0.1) is 7.11 Å². The van der Waals surface area contributed by atoms with Crippen LogP contribution < -0.4 is 10.6 Å². The molecule has 0 saturated carbocycles. The molecule has 9 heteroatoms. The average Bonchev–Trinajstić information content (AvgIpc) is 2.80. The number of alkyl carbamates (subject to hydrolysis) is 1. The Hall–Kier alpha value is -2.44.